The van der Waals surface area contributed by atoms with Crippen molar-refractivity contribution in [2.24, 2.45) is 0 Å². The number of carbonyl (C=O) groups excluding carboxylic acids is 2. The molecule has 54 heavy (non-hydrogen) atoms. The first-order valence-corrected chi connectivity index (χ1v) is 19.4. The number of aliphatic carboxylic acids is 1. The molecule has 1 unspecified atom stereocenters. The van der Waals surface area contributed by atoms with Crippen molar-refractivity contribution in [3.05, 3.63) is 124 Å². The van der Waals surface area contributed by atoms with Crippen LogP contribution in [0, 0.1) is 0 Å². The summed E-state index contributed by atoms with van der Waals surface area (Å²) in [6, 6.07) is 26.0. The lowest BCUT2D eigenvalue weighted by Crippen LogP contribution is -2.53. The van der Waals surface area contributed by atoms with Crippen LogP contribution in [0.2, 0.25) is 0 Å². The number of rotatable bonds is 18. The van der Waals surface area contributed by atoms with E-state index >= 15 is 0 Å². The maximum absolute atomic E-state index is 13.7. The second-order valence-corrected chi connectivity index (χ2v) is 15.6. The Morgan fingerprint density at radius 1 is 0.722 bits per heavy atom. The zero-order valence-corrected chi connectivity index (χ0v) is 32.3. The van der Waals surface area contributed by atoms with Gasteiger partial charge in [0.25, 0.3) is 5.91 Å². The number of hydrogen-bond acceptors (Lipinski definition) is 7. The van der Waals surface area contributed by atoms with Crippen molar-refractivity contribution in [2.75, 3.05) is 6.61 Å². The summed E-state index contributed by atoms with van der Waals surface area (Å²) < 4.78 is 5.90. The molecule has 0 aliphatic carbocycles. The minimum Gasteiger partial charge on any atom is -0.494 e. The average Bonchev–Trinajstić information content (AvgIpc) is 3.69. The molecule has 10 heteroatoms. The van der Waals surface area contributed by atoms with Crippen LogP contribution in [-0.2, 0) is 27.8 Å². The SMILES string of the molecule is CCCCCCCOc1ccc(-c2cnc(-c3ccc(CC(NC(=O)c4ccc(C(C)(C)C)s4)C(=O)N[C@@H](Cc4ccccc4)C(=O)O)cc3)nc2)cc1. The maximum atomic E-state index is 13.7. The fraction of sp³-hybridized carbons (Fsp3) is 0.341. The minimum atomic E-state index is -1.17. The Bertz CT molecular complexity index is 1950. The van der Waals surface area contributed by atoms with Crippen LogP contribution < -0.4 is 15.4 Å². The third-order valence-electron chi connectivity index (χ3n) is 9.10. The highest BCUT2D eigenvalue weighted by atomic mass is 32.1. The highest BCUT2D eigenvalue weighted by Crippen LogP contribution is 2.30. The minimum absolute atomic E-state index is 0.106. The van der Waals surface area contributed by atoms with Gasteiger partial charge in [-0.2, -0.15) is 0 Å². The van der Waals surface area contributed by atoms with Crippen molar-refractivity contribution < 1.29 is 24.2 Å². The fourth-order valence-corrected chi connectivity index (χ4v) is 6.88. The van der Waals surface area contributed by atoms with Crippen molar-refractivity contribution in [3.8, 4) is 28.3 Å². The number of benzene rings is 3. The topological polar surface area (TPSA) is 131 Å². The fourth-order valence-electron chi connectivity index (χ4n) is 5.91. The standard InChI is InChI=1S/C44H50N4O5S/c1-5-6-7-8-12-25-53-35-21-19-32(20-22-35)34-28-45-40(46-29-34)33-17-15-31(16-18-33)26-36(47-42(50)38-23-24-39(54-38)44(2,3)4)41(49)48-37(43(51)52)27-30-13-10-9-11-14-30/h9-11,13-24,28-29,36-37H,5-8,12,25-27H2,1-4H3,(H,47,50)(H,48,49)(H,51,52)/t36?,37-/m0/s1. The summed E-state index contributed by atoms with van der Waals surface area (Å²) in [5.74, 6) is -0.732. The summed E-state index contributed by atoms with van der Waals surface area (Å²) in [7, 11) is 0. The number of carboxylic acids is 1. The summed E-state index contributed by atoms with van der Waals surface area (Å²) in [5.41, 5.74) is 4.08. The van der Waals surface area contributed by atoms with Crippen LogP contribution in [-0.4, -0.2) is 51.5 Å². The predicted octanol–water partition coefficient (Wildman–Crippen LogP) is 8.67. The molecule has 3 N–H and O–H groups in total. The molecule has 0 fully saturated rings. The molecule has 282 valence electrons. The lowest BCUT2D eigenvalue weighted by atomic mass is 9.95. The zero-order valence-electron chi connectivity index (χ0n) is 31.5. The second-order valence-electron chi connectivity index (χ2n) is 14.5. The molecule has 0 aliphatic rings. The molecule has 0 radical (unpaired) electrons. The molecular weight excluding hydrogens is 697 g/mol. The lowest BCUT2D eigenvalue weighted by molar-refractivity contribution is -0.142. The Balaban J connectivity index is 1.26. The van der Waals surface area contributed by atoms with Gasteiger partial charge in [-0.05, 0) is 52.8 Å². The van der Waals surface area contributed by atoms with Crippen LogP contribution in [0.25, 0.3) is 22.5 Å². The molecular formula is C44H50N4O5S. The molecule has 2 amide bonds. The van der Waals surface area contributed by atoms with Crippen LogP contribution in [0.1, 0.15) is 85.5 Å². The number of nitrogens with one attached hydrogen (secondary N) is 2. The van der Waals surface area contributed by atoms with E-state index in [1.54, 1.807) is 18.5 Å². The molecule has 2 atom stereocenters. The van der Waals surface area contributed by atoms with Gasteiger partial charge in [-0.1, -0.05) is 120 Å². The van der Waals surface area contributed by atoms with E-state index in [-0.39, 0.29) is 18.3 Å². The van der Waals surface area contributed by atoms with Crippen molar-refractivity contribution >= 4 is 29.1 Å². The first-order valence-electron chi connectivity index (χ1n) is 18.6. The third kappa shape index (κ3) is 11.6. The van der Waals surface area contributed by atoms with E-state index in [1.165, 1.54) is 37.0 Å². The highest BCUT2D eigenvalue weighted by molar-refractivity contribution is 7.14. The predicted molar refractivity (Wildman–Crippen MR) is 215 cm³/mol. The number of hydrogen-bond donors (Lipinski definition) is 3. The van der Waals surface area contributed by atoms with Crippen LogP contribution in [0.5, 0.6) is 5.75 Å². The summed E-state index contributed by atoms with van der Waals surface area (Å²) in [6.45, 7) is 9.15. The Labute approximate surface area is 322 Å². The molecule has 3 aromatic carbocycles. The number of nitrogens with zero attached hydrogens (tertiary/aromatic N) is 2. The first-order chi connectivity index (χ1) is 26.0. The Morgan fingerprint density at radius 3 is 1.98 bits per heavy atom. The summed E-state index contributed by atoms with van der Waals surface area (Å²) in [6.07, 6.45) is 9.83. The number of carbonyl (C=O) groups is 3. The van der Waals surface area contributed by atoms with E-state index in [9.17, 15) is 19.5 Å². The summed E-state index contributed by atoms with van der Waals surface area (Å²) in [4.78, 5) is 50.1. The number of carboxylic acid groups (broad SMARTS) is 1. The Kier molecular flexibility index (Phi) is 14.1. The van der Waals surface area contributed by atoms with Crippen LogP contribution in [0.3, 0.4) is 0 Å². The van der Waals surface area contributed by atoms with Gasteiger partial charge >= 0.3 is 5.97 Å². The average molecular weight is 747 g/mol. The van der Waals surface area contributed by atoms with Gasteiger partial charge in [-0.25, -0.2) is 14.8 Å². The monoisotopic (exact) mass is 746 g/mol. The van der Waals surface area contributed by atoms with Gasteiger partial charge in [0.05, 0.1) is 11.5 Å². The molecule has 0 spiro atoms. The highest BCUT2D eigenvalue weighted by Gasteiger charge is 2.28. The number of aromatic nitrogens is 2. The van der Waals surface area contributed by atoms with Crippen molar-refractivity contribution in [3.63, 3.8) is 0 Å². The van der Waals surface area contributed by atoms with E-state index in [2.05, 4.69) is 48.3 Å². The normalized spacial score (nSPS) is 12.4. The van der Waals surface area contributed by atoms with Crippen molar-refractivity contribution in [1.82, 2.24) is 20.6 Å². The van der Waals surface area contributed by atoms with Gasteiger partial charge in [0, 0.05) is 41.2 Å². The third-order valence-corrected chi connectivity index (χ3v) is 10.6. The van der Waals surface area contributed by atoms with E-state index < -0.39 is 29.9 Å². The van der Waals surface area contributed by atoms with E-state index in [0.717, 1.165) is 51.5 Å². The van der Waals surface area contributed by atoms with Gasteiger partial charge in [-0.3, -0.25) is 9.59 Å². The first kappa shape index (κ1) is 39.8. The molecule has 0 bridgehead atoms. The van der Waals surface area contributed by atoms with E-state index in [4.69, 9.17) is 4.74 Å². The molecule has 2 heterocycles. The van der Waals surface area contributed by atoms with Crippen LogP contribution >= 0.6 is 11.3 Å². The number of unbranched alkanes of at least 4 members (excludes halogenated alkanes) is 4. The number of thiophene rings is 1. The van der Waals surface area contributed by atoms with Gasteiger partial charge in [0.15, 0.2) is 5.82 Å². The van der Waals surface area contributed by atoms with Gasteiger partial charge in [0.1, 0.15) is 17.8 Å². The van der Waals surface area contributed by atoms with Crippen LogP contribution in [0.4, 0.5) is 0 Å². The van der Waals surface area contributed by atoms with E-state index in [1.807, 2.05) is 84.9 Å². The van der Waals surface area contributed by atoms with Crippen LogP contribution in [0.15, 0.2) is 103 Å². The molecule has 2 aromatic heterocycles. The molecule has 0 saturated carbocycles. The quantitative estimate of drug-likeness (QED) is 0.0765. The Hall–Kier alpha value is -5.35. The maximum Gasteiger partial charge on any atom is 0.326 e. The summed E-state index contributed by atoms with van der Waals surface area (Å²) in [5, 5.41) is 15.5. The van der Waals surface area contributed by atoms with Gasteiger partial charge in [-0.15, -0.1) is 11.3 Å². The smallest absolute Gasteiger partial charge is 0.326 e. The number of amides is 2. The zero-order chi connectivity index (χ0) is 38.5. The molecule has 9 nitrogen and oxygen atoms in total. The van der Waals surface area contributed by atoms with Gasteiger partial charge < -0.3 is 20.5 Å². The van der Waals surface area contributed by atoms with Crippen molar-refractivity contribution in [1.29, 1.82) is 0 Å². The number of ether oxygens (including phenoxy) is 1. The Morgan fingerprint density at radius 2 is 1.35 bits per heavy atom. The van der Waals surface area contributed by atoms with Crippen molar-refractivity contribution in [2.45, 2.75) is 90.1 Å². The second kappa shape index (κ2) is 19.1. The molecule has 5 rings (SSSR count). The largest absolute Gasteiger partial charge is 0.494 e. The van der Waals surface area contributed by atoms with E-state index in [0.29, 0.717) is 10.7 Å². The molecule has 0 saturated heterocycles. The summed E-state index contributed by atoms with van der Waals surface area (Å²) >= 11 is 1.38. The van der Waals surface area contributed by atoms with Gasteiger partial charge in [0.2, 0.25) is 5.91 Å². The lowest BCUT2D eigenvalue weighted by Gasteiger charge is -2.22. The molecule has 0 aliphatic heterocycles. The molecule has 5 aromatic rings.